The fourth-order valence-electron chi connectivity index (χ4n) is 1.72. The lowest BCUT2D eigenvalue weighted by Gasteiger charge is -2.42. The summed E-state index contributed by atoms with van der Waals surface area (Å²) in [7, 11) is 7.99. The molecule has 1 rings (SSSR count). The van der Waals surface area contributed by atoms with E-state index in [0.717, 1.165) is 0 Å². The fraction of sp³-hybridized carbons (Fsp3) is 1.00. The first kappa shape index (κ1) is 11.3. The summed E-state index contributed by atoms with van der Waals surface area (Å²) in [5.74, 6) is 0. The number of aliphatic hydroxyl groups is 2. The molecule has 0 aromatic carbocycles. The van der Waals surface area contributed by atoms with Crippen molar-refractivity contribution in [2.24, 2.45) is 0 Å². The summed E-state index contributed by atoms with van der Waals surface area (Å²) >= 11 is 0. The molecule has 1 saturated heterocycles. The maximum Gasteiger partial charge on any atom is 0.283 e. The standard InChI is InChI=1S/C8H15BO6/c1-12-5-4(3-10)14-8(11)7(13-2)6(5)15-9/h4-8,10-11H,3H2,1-2H3/t4-,5-,6+,7-,8?/m1/s1/i10D. The molecular formula is C8H15BO6. The second-order valence-electron chi connectivity index (χ2n) is 3.23. The molecule has 15 heavy (non-hydrogen) atoms. The molecule has 7 heteroatoms. The first-order valence-corrected chi connectivity index (χ1v) is 4.52. The number of methoxy groups -OCH3 is 2. The van der Waals surface area contributed by atoms with Gasteiger partial charge in [0.1, 0.15) is 18.3 Å². The molecule has 2 N–H and O–H groups in total. The van der Waals surface area contributed by atoms with Gasteiger partial charge in [-0.05, 0) is 0 Å². The van der Waals surface area contributed by atoms with Crippen molar-refractivity contribution in [1.29, 1.82) is 1.43 Å². The van der Waals surface area contributed by atoms with Gasteiger partial charge >= 0.3 is 0 Å². The molecule has 0 aromatic rings. The molecule has 2 radical (unpaired) electrons. The minimum Gasteiger partial charge on any atom is -0.440 e. The van der Waals surface area contributed by atoms with Crippen LogP contribution >= 0.6 is 0 Å². The smallest absolute Gasteiger partial charge is 0.283 e. The maximum atomic E-state index is 9.63. The van der Waals surface area contributed by atoms with Crippen molar-refractivity contribution in [1.82, 2.24) is 0 Å². The minimum atomic E-state index is -1.20. The number of aliphatic hydroxyl groups excluding tert-OH is 2. The van der Waals surface area contributed by atoms with Crippen molar-refractivity contribution in [2.75, 3.05) is 20.8 Å². The lowest BCUT2D eigenvalue weighted by molar-refractivity contribution is -0.290. The summed E-state index contributed by atoms with van der Waals surface area (Å²) in [6.45, 7) is -0.0636. The third-order valence-corrected chi connectivity index (χ3v) is 2.48. The van der Waals surface area contributed by atoms with Crippen LogP contribution in [0.15, 0.2) is 0 Å². The van der Waals surface area contributed by atoms with E-state index in [2.05, 4.69) is 5.11 Å². The Labute approximate surface area is 91.0 Å². The molecule has 1 aliphatic rings. The number of ether oxygens (including phenoxy) is 3. The molecule has 1 aliphatic heterocycles. The normalized spacial score (nSPS) is 42.6. The van der Waals surface area contributed by atoms with Crippen molar-refractivity contribution in [3.63, 3.8) is 0 Å². The molecule has 86 valence electrons. The molecule has 1 heterocycles. The van der Waals surface area contributed by atoms with Crippen molar-refractivity contribution >= 4 is 8.05 Å². The van der Waals surface area contributed by atoms with Gasteiger partial charge in [0, 0.05) is 14.2 Å². The monoisotopic (exact) mass is 219 g/mol. The summed E-state index contributed by atoms with van der Waals surface area (Å²) in [6, 6.07) is 0. The highest BCUT2D eigenvalue weighted by atomic mass is 16.7. The van der Waals surface area contributed by atoms with E-state index in [-0.39, 0.29) is 6.61 Å². The summed E-state index contributed by atoms with van der Waals surface area (Å²) in [5, 5.41) is 13.8. The van der Waals surface area contributed by atoms with Gasteiger partial charge in [0.25, 0.3) is 8.05 Å². The van der Waals surface area contributed by atoms with Crippen LogP contribution in [0.25, 0.3) is 0 Å². The van der Waals surface area contributed by atoms with E-state index >= 15 is 0 Å². The van der Waals surface area contributed by atoms with E-state index in [0.29, 0.717) is 0 Å². The summed E-state index contributed by atoms with van der Waals surface area (Å²) < 4.78 is 26.8. The predicted octanol–water partition coefficient (Wildman–Crippen LogP) is -1.81. The van der Waals surface area contributed by atoms with E-state index in [9.17, 15) is 5.11 Å². The van der Waals surface area contributed by atoms with Crippen LogP contribution < -0.4 is 0 Å². The van der Waals surface area contributed by atoms with Crippen molar-refractivity contribution in [3.8, 4) is 0 Å². The Morgan fingerprint density at radius 2 is 2.00 bits per heavy atom. The third kappa shape index (κ3) is 2.50. The molecule has 0 aliphatic carbocycles. The highest BCUT2D eigenvalue weighted by molar-refractivity contribution is 5.98. The molecule has 5 atom stereocenters. The molecule has 0 saturated carbocycles. The van der Waals surface area contributed by atoms with Crippen molar-refractivity contribution in [3.05, 3.63) is 0 Å². The van der Waals surface area contributed by atoms with Gasteiger partial charge in [0.2, 0.25) is 1.43 Å². The summed E-state index contributed by atoms with van der Waals surface area (Å²) in [5.41, 5.74) is 0. The highest BCUT2D eigenvalue weighted by Crippen LogP contribution is 2.25. The molecular weight excluding hydrogens is 203 g/mol. The van der Waals surface area contributed by atoms with Crippen LogP contribution in [0, 0.1) is 0 Å². The minimum absolute atomic E-state index is 0.0636. The van der Waals surface area contributed by atoms with Crippen LogP contribution in [0.2, 0.25) is 0 Å². The van der Waals surface area contributed by atoms with Crippen molar-refractivity contribution < 1.29 is 29.1 Å². The van der Waals surface area contributed by atoms with Gasteiger partial charge in [-0.3, -0.25) is 0 Å². The van der Waals surface area contributed by atoms with Gasteiger partial charge < -0.3 is 29.1 Å². The van der Waals surface area contributed by atoms with Gasteiger partial charge in [0.05, 0.1) is 12.7 Å². The van der Waals surface area contributed by atoms with E-state index in [1.54, 1.807) is 0 Å². The van der Waals surface area contributed by atoms with Crippen LogP contribution in [-0.4, -0.2) is 71.2 Å². The fourth-order valence-corrected chi connectivity index (χ4v) is 1.72. The van der Waals surface area contributed by atoms with E-state index < -0.39 is 30.7 Å². The quantitative estimate of drug-likeness (QED) is 0.531. The Hall–Kier alpha value is -0.175. The lowest BCUT2D eigenvalue weighted by Crippen LogP contribution is -2.60. The van der Waals surface area contributed by atoms with Crippen LogP contribution in [-0.2, 0) is 18.9 Å². The Bertz CT molecular complexity index is 209. The highest BCUT2D eigenvalue weighted by Gasteiger charge is 2.45. The van der Waals surface area contributed by atoms with Crippen LogP contribution in [0.1, 0.15) is 0 Å². The summed E-state index contributed by atoms with van der Waals surface area (Å²) in [6.07, 6.45) is -3.87. The van der Waals surface area contributed by atoms with Crippen LogP contribution in [0.4, 0.5) is 0 Å². The first-order valence-electron chi connectivity index (χ1n) is 4.93. The average molecular weight is 219 g/mol. The zero-order chi connectivity index (χ0) is 12.1. The van der Waals surface area contributed by atoms with Crippen molar-refractivity contribution in [2.45, 2.75) is 30.7 Å². The van der Waals surface area contributed by atoms with Gasteiger partial charge in [-0.25, -0.2) is 0 Å². The van der Waals surface area contributed by atoms with Gasteiger partial charge in [-0.1, -0.05) is 0 Å². The second kappa shape index (κ2) is 5.79. The molecule has 0 bridgehead atoms. The Morgan fingerprint density at radius 1 is 1.33 bits per heavy atom. The molecule has 6 nitrogen and oxygen atoms in total. The topological polar surface area (TPSA) is 77.4 Å². The molecule has 0 amide bonds. The Morgan fingerprint density at radius 3 is 2.47 bits per heavy atom. The molecule has 0 spiro atoms. The zero-order valence-corrected chi connectivity index (χ0v) is 8.66. The number of hydrogen-bond donors (Lipinski definition) is 2. The van der Waals surface area contributed by atoms with Gasteiger partial charge in [-0.15, -0.1) is 0 Å². The third-order valence-electron chi connectivity index (χ3n) is 2.48. The van der Waals surface area contributed by atoms with Gasteiger partial charge in [0.15, 0.2) is 6.29 Å². The Kier molecular flexibility index (Phi) is 4.36. The number of rotatable bonds is 5. The molecule has 0 aromatic heterocycles. The lowest BCUT2D eigenvalue weighted by atomic mass is 9.98. The summed E-state index contributed by atoms with van der Waals surface area (Å²) in [4.78, 5) is 0. The van der Waals surface area contributed by atoms with Crippen LogP contribution in [0.3, 0.4) is 0 Å². The van der Waals surface area contributed by atoms with E-state index in [1.165, 1.54) is 14.2 Å². The largest absolute Gasteiger partial charge is 0.440 e. The van der Waals surface area contributed by atoms with E-state index in [1.807, 2.05) is 0 Å². The maximum absolute atomic E-state index is 9.63. The zero-order valence-electron chi connectivity index (χ0n) is 9.66. The molecule has 1 fully saturated rings. The number of hydrogen-bond acceptors (Lipinski definition) is 6. The predicted molar refractivity (Wildman–Crippen MR) is 50.2 cm³/mol. The Balaban J connectivity index is 2.78. The molecule has 1 unspecified atom stereocenters. The van der Waals surface area contributed by atoms with Gasteiger partial charge in [-0.2, -0.15) is 0 Å². The SMILES string of the molecule is [2H]OC[C@H]1OC(O)[C@H](OC)[C@@H](O[B])[C@@H]1OC. The van der Waals surface area contributed by atoms with Crippen LogP contribution in [0.5, 0.6) is 0 Å². The average Bonchev–Trinajstić information content (AvgIpc) is 2.28. The van der Waals surface area contributed by atoms with E-state index in [4.69, 9.17) is 28.3 Å². The first-order chi connectivity index (χ1) is 7.69. The second-order valence-corrected chi connectivity index (χ2v) is 3.23.